The van der Waals surface area contributed by atoms with E-state index in [2.05, 4.69) is 15.9 Å². The van der Waals surface area contributed by atoms with Gasteiger partial charge in [0, 0.05) is 26.2 Å². The number of esters is 1. The Hall–Kier alpha value is -3.13. The number of hydrogen-bond acceptors (Lipinski definition) is 6. The van der Waals surface area contributed by atoms with Gasteiger partial charge in [-0.25, -0.2) is 4.79 Å². The molecule has 6 nitrogen and oxygen atoms in total. The summed E-state index contributed by atoms with van der Waals surface area (Å²) in [5.41, 5.74) is 2.88. The van der Waals surface area contributed by atoms with Crippen molar-refractivity contribution >= 4 is 45.4 Å². The zero-order chi connectivity index (χ0) is 23.1. The number of ether oxygens (including phenoxy) is 4. The molecule has 3 aromatic rings. The fourth-order valence-electron chi connectivity index (χ4n) is 3.68. The minimum atomic E-state index is -0.532. The van der Waals surface area contributed by atoms with E-state index in [0.29, 0.717) is 51.1 Å². The molecule has 33 heavy (non-hydrogen) atoms. The predicted molar refractivity (Wildman–Crippen MR) is 125 cm³/mol. The number of allylic oxidation sites excluding steroid dienone is 1. The van der Waals surface area contributed by atoms with Crippen molar-refractivity contribution < 1.29 is 28.5 Å². The summed E-state index contributed by atoms with van der Waals surface area (Å²) in [4.78, 5) is 25.5. The molecule has 0 unspecified atom stereocenters. The second kappa shape index (κ2) is 8.67. The van der Waals surface area contributed by atoms with Crippen LogP contribution in [0.3, 0.4) is 0 Å². The van der Waals surface area contributed by atoms with Crippen LogP contribution in [-0.2, 0) is 11.3 Å². The van der Waals surface area contributed by atoms with Gasteiger partial charge < -0.3 is 18.9 Å². The summed E-state index contributed by atoms with van der Waals surface area (Å²) < 4.78 is 23.3. The second-order valence-corrected chi connectivity index (χ2v) is 8.85. The van der Waals surface area contributed by atoms with E-state index in [-0.39, 0.29) is 18.3 Å². The molecule has 0 saturated carbocycles. The minimum absolute atomic E-state index is 0.140. The van der Waals surface area contributed by atoms with E-state index in [4.69, 9.17) is 30.5 Å². The molecule has 2 aliphatic heterocycles. The number of hydrogen-bond donors (Lipinski definition) is 0. The van der Waals surface area contributed by atoms with E-state index < -0.39 is 5.97 Å². The third-order valence-electron chi connectivity index (χ3n) is 5.31. The van der Waals surface area contributed by atoms with Crippen LogP contribution < -0.4 is 14.2 Å². The van der Waals surface area contributed by atoms with Crippen LogP contribution in [0.4, 0.5) is 0 Å². The highest BCUT2D eigenvalue weighted by atomic mass is 79.9. The number of carbonyl (C=O) groups excluding carboxylic acids is 2. The Balaban J connectivity index is 1.45. The van der Waals surface area contributed by atoms with Crippen LogP contribution in [0.15, 0.2) is 58.8 Å². The molecule has 2 heterocycles. The molecule has 0 N–H and O–H groups in total. The van der Waals surface area contributed by atoms with Crippen molar-refractivity contribution in [2.75, 3.05) is 6.79 Å². The summed E-state index contributed by atoms with van der Waals surface area (Å²) in [6.45, 7) is 2.30. The highest BCUT2D eigenvalue weighted by Crippen LogP contribution is 2.41. The molecule has 8 heteroatoms. The van der Waals surface area contributed by atoms with Crippen molar-refractivity contribution in [3.05, 3.63) is 91.6 Å². The topological polar surface area (TPSA) is 71.1 Å². The third kappa shape index (κ3) is 4.15. The first kappa shape index (κ1) is 21.7. The number of rotatable bonds is 3. The molecule has 2 aliphatic rings. The molecule has 0 saturated heterocycles. The van der Waals surface area contributed by atoms with Gasteiger partial charge in [-0.3, -0.25) is 4.79 Å². The smallest absolute Gasteiger partial charge is 0.343 e. The van der Waals surface area contributed by atoms with Crippen LogP contribution in [-0.4, -0.2) is 18.5 Å². The van der Waals surface area contributed by atoms with Gasteiger partial charge in [0.2, 0.25) is 5.78 Å². The Kier molecular flexibility index (Phi) is 5.70. The number of carbonyl (C=O) groups is 2. The molecule has 0 amide bonds. The molecule has 0 fully saturated rings. The summed E-state index contributed by atoms with van der Waals surface area (Å²) in [7, 11) is 0. The van der Waals surface area contributed by atoms with Crippen LogP contribution in [0.1, 0.15) is 37.4 Å². The summed E-state index contributed by atoms with van der Waals surface area (Å²) in [6, 6.07) is 13.3. The maximum absolute atomic E-state index is 13.0. The molecule has 0 aliphatic carbocycles. The first-order valence-electron chi connectivity index (χ1n) is 9.99. The van der Waals surface area contributed by atoms with Crippen molar-refractivity contribution in [3.8, 4) is 17.2 Å². The van der Waals surface area contributed by atoms with Crippen molar-refractivity contribution in [2.45, 2.75) is 13.5 Å². The minimum Gasteiger partial charge on any atom is -0.467 e. The summed E-state index contributed by atoms with van der Waals surface area (Å²) in [5.74, 6) is 0.687. The third-order valence-corrected chi connectivity index (χ3v) is 6.02. The fraction of sp³-hybridized carbons (Fsp3) is 0.120. The Morgan fingerprint density at radius 1 is 1.12 bits per heavy atom. The predicted octanol–water partition coefficient (Wildman–Crippen LogP) is 6.11. The van der Waals surface area contributed by atoms with Crippen LogP contribution in [0.25, 0.3) is 6.08 Å². The average Bonchev–Trinajstić information content (AvgIpc) is 3.12. The Morgan fingerprint density at radius 2 is 1.91 bits per heavy atom. The Morgan fingerprint density at radius 3 is 2.70 bits per heavy atom. The molecule has 0 aromatic heterocycles. The van der Waals surface area contributed by atoms with Gasteiger partial charge >= 0.3 is 5.97 Å². The Bertz CT molecular complexity index is 1330. The maximum atomic E-state index is 13.0. The first-order valence-corrected chi connectivity index (χ1v) is 11.2. The van der Waals surface area contributed by atoms with Crippen molar-refractivity contribution in [2.24, 2.45) is 0 Å². The van der Waals surface area contributed by atoms with Crippen LogP contribution in [0.2, 0.25) is 5.02 Å². The van der Waals surface area contributed by atoms with Gasteiger partial charge in [0.15, 0.2) is 12.6 Å². The summed E-state index contributed by atoms with van der Waals surface area (Å²) in [6.07, 6.45) is 1.65. The largest absolute Gasteiger partial charge is 0.467 e. The summed E-state index contributed by atoms with van der Waals surface area (Å²) in [5, 5.41) is 0.524. The number of ketones is 1. The van der Waals surface area contributed by atoms with Crippen LogP contribution in [0, 0.1) is 6.92 Å². The molecule has 0 bridgehead atoms. The van der Waals surface area contributed by atoms with Gasteiger partial charge in [-0.15, -0.1) is 0 Å². The number of fused-ring (bicyclic) bond motifs is 2. The quantitative estimate of drug-likeness (QED) is 0.232. The average molecular weight is 528 g/mol. The lowest BCUT2D eigenvalue weighted by molar-refractivity contribution is -0.0165. The zero-order valence-electron chi connectivity index (χ0n) is 17.3. The highest BCUT2D eigenvalue weighted by Gasteiger charge is 2.31. The number of Topliss-reactive ketones (excluding diaryl/α,β-unsaturated/α-hetero) is 1. The maximum Gasteiger partial charge on any atom is 0.343 e. The van der Waals surface area contributed by atoms with E-state index in [9.17, 15) is 9.59 Å². The normalized spacial score (nSPS) is 15.5. The van der Waals surface area contributed by atoms with E-state index in [1.165, 1.54) is 0 Å². The lowest BCUT2D eigenvalue weighted by Gasteiger charge is -2.20. The lowest BCUT2D eigenvalue weighted by atomic mass is 10.0. The SMILES string of the molecule is Cc1c(OC(=O)c2ccc(Cl)cc2)ccc2c1O/C(=C\c1cc(Br)cc3c1OCOC3)C2=O. The van der Waals surface area contributed by atoms with Gasteiger partial charge in [0.25, 0.3) is 0 Å². The number of benzene rings is 3. The summed E-state index contributed by atoms with van der Waals surface area (Å²) >= 11 is 9.36. The van der Waals surface area contributed by atoms with Gasteiger partial charge in [-0.1, -0.05) is 27.5 Å². The fourth-order valence-corrected chi connectivity index (χ4v) is 4.33. The van der Waals surface area contributed by atoms with Gasteiger partial charge in [0.1, 0.15) is 17.2 Å². The Labute approximate surface area is 202 Å². The van der Waals surface area contributed by atoms with Crippen molar-refractivity contribution in [3.63, 3.8) is 0 Å². The van der Waals surface area contributed by atoms with E-state index in [0.717, 1.165) is 10.0 Å². The van der Waals surface area contributed by atoms with E-state index in [1.54, 1.807) is 49.4 Å². The van der Waals surface area contributed by atoms with Gasteiger partial charge in [-0.2, -0.15) is 0 Å². The van der Waals surface area contributed by atoms with Crippen LogP contribution in [0.5, 0.6) is 17.2 Å². The highest BCUT2D eigenvalue weighted by molar-refractivity contribution is 9.10. The first-order chi connectivity index (χ1) is 15.9. The van der Waals surface area contributed by atoms with E-state index in [1.807, 2.05) is 12.1 Å². The van der Waals surface area contributed by atoms with Crippen molar-refractivity contribution in [1.82, 2.24) is 0 Å². The molecule has 166 valence electrons. The zero-order valence-corrected chi connectivity index (χ0v) is 19.7. The van der Waals surface area contributed by atoms with Crippen molar-refractivity contribution in [1.29, 1.82) is 0 Å². The molecule has 0 radical (unpaired) electrons. The molecular formula is C25H16BrClO6. The van der Waals surface area contributed by atoms with Gasteiger partial charge in [0.05, 0.1) is 17.7 Å². The molecule has 5 rings (SSSR count). The van der Waals surface area contributed by atoms with Crippen LogP contribution >= 0.6 is 27.5 Å². The monoisotopic (exact) mass is 526 g/mol. The molecular weight excluding hydrogens is 512 g/mol. The molecule has 3 aromatic carbocycles. The second-order valence-electron chi connectivity index (χ2n) is 7.50. The number of halogens is 2. The standard InChI is InChI=1S/C25H16BrClO6/c1-13-20(33-25(29)14-2-4-18(27)5-3-14)7-6-19-22(28)21(32-23(13)19)10-15-8-17(26)9-16-11-30-12-31-24(15)16/h2-10H,11-12H2,1H3/b21-10-. The van der Waals surface area contributed by atoms with Gasteiger partial charge in [-0.05, 0) is 61.5 Å². The lowest BCUT2D eigenvalue weighted by Crippen LogP contribution is -2.12. The molecule has 0 atom stereocenters. The van der Waals surface area contributed by atoms with E-state index >= 15 is 0 Å². The molecule has 0 spiro atoms.